The average Bonchev–Trinajstić information content (AvgIpc) is 2.97. The van der Waals surface area contributed by atoms with Crippen molar-refractivity contribution in [2.24, 2.45) is 0 Å². The molecule has 0 aliphatic heterocycles. The third-order valence-electron chi connectivity index (χ3n) is 3.72. The first-order valence-corrected chi connectivity index (χ1v) is 8.67. The van der Waals surface area contributed by atoms with Gasteiger partial charge < -0.3 is 0 Å². The molecule has 1 atom stereocenters. The molecule has 1 aromatic carbocycles. The van der Waals surface area contributed by atoms with Crippen LogP contribution in [0, 0.1) is 6.92 Å². The second kappa shape index (κ2) is 8.03. The van der Waals surface area contributed by atoms with Crippen molar-refractivity contribution in [2.75, 3.05) is 5.32 Å². The van der Waals surface area contributed by atoms with Crippen LogP contribution >= 0.6 is 11.3 Å². The highest BCUT2D eigenvalue weighted by atomic mass is 32.1. The van der Waals surface area contributed by atoms with Crippen molar-refractivity contribution in [2.45, 2.75) is 52.4 Å². The lowest BCUT2D eigenvalue weighted by Gasteiger charge is -2.09. The molecule has 1 N–H and O–H groups in total. The summed E-state index contributed by atoms with van der Waals surface area (Å²) in [6.07, 6.45) is 4.57. The maximum atomic E-state index is 12.2. The molecule has 1 aromatic heterocycles. The summed E-state index contributed by atoms with van der Waals surface area (Å²) in [7, 11) is 0. The topological polar surface area (TPSA) is 54.9 Å². The number of anilines is 1. The quantitative estimate of drug-likeness (QED) is 0.799. The highest BCUT2D eigenvalue weighted by Crippen LogP contribution is 2.29. The van der Waals surface area contributed by atoms with Gasteiger partial charge in [-0.25, -0.2) is 0 Å². The van der Waals surface area contributed by atoms with Gasteiger partial charge in [0.05, 0.1) is 0 Å². The predicted octanol–water partition coefficient (Wildman–Crippen LogP) is 4.78. The van der Waals surface area contributed by atoms with E-state index in [1.165, 1.54) is 24.2 Å². The fourth-order valence-electron chi connectivity index (χ4n) is 2.28. The second-order valence-corrected chi connectivity index (χ2v) is 6.52. The van der Waals surface area contributed by atoms with E-state index < -0.39 is 0 Å². The molecule has 0 saturated carbocycles. The lowest BCUT2D eigenvalue weighted by Crippen LogP contribution is -2.11. The van der Waals surface area contributed by atoms with Crippen LogP contribution in [-0.4, -0.2) is 16.1 Å². The van der Waals surface area contributed by atoms with Crippen molar-refractivity contribution in [3.8, 4) is 0 Å². The van der Waals surface area contributed by atoms with Crippen LogP contribution in [0.15, 0.2) is 24.3 Å². The molecule has 0 bridgehead atoms. The number of hydrogen-bond acceptors (Lipinski definition) is 4. The third-order valence-corrected chi connectivity index (χ3v) is 4.72. The zero-order valence-corrected chi connectivity index (χ0v) is 14.2. The first-order valence-electron chi connectivity index (χ1n) is 7.85. The Morgan fingerprint density at radius 2 is 1.95 bits per heavy atom. The van der Waals surface area contributed by atoms with Gasteiger partial charge in [0.1, 0.15) is 5.01 Å². The number of benzene rings is 1. The molecule has 22 heavy (non-hydrogen) atoms. The number of carbonyl (C=O) groups excluding carboxylic acids is 1. The van der Waals surface area contributed by atoms with Crippen LogP contribution in [0.1, 0.15) is 66.4 Å². The molecule has 118 valence electrons. The van der Waals surface area contributed by atoms with Crippen LogP contribution in [0.2, 0.25) is 0 Å². The molecule has 4 nitrogen and oxygen atoms in total. The number of carbonyl (C=O) groups is 1. The zero-order valence-electron chi connectivity index (χ0n) is 13.4. The molecule has 0 aliphatic carbocycles. The number of aromatic nitrogens is 2. The van der Waals surface area contributed by atoms with E-state index in [1.54, 1.807) is 0 Å². The van der Waals surface area contributed by atoms with Crippen molar-refractivity contribution >= 4 is 22.4 Å². The predicted molar refractivity (Wildman–Crippen MR) is 91.6 cm³/mol. The molecule has 0 unspecified atom stereocenters. The van der Waals surface area contributed by atoms with Gasteiger partial charge in [0.25, 0.3) is 5.91 Å². The number of nitrogens with zero attached hydrogens (tertiary/aromatic N) is 2. The van der Waals surface area contributed by atoms with Crippen LogP contribution in [0.5, 0.6) is 0 Å². The second-order valence-electron chi connectivity index (χ2n) is 5.51. The molecular weight excluding hydrogens is 294 g/mol. The Labute approximate surface area is 136 Å². The average molecular weight is 317 g/mol. The standard InChI is InChI=1S/C17H23N3OS/c1-4-6-7-13(5-2)16-19-20-17(22-16)18-15(21)14-10-8-12(3)9-11-14/h8-11,13H,4-7H2,1-3H3,(H,18,20,21)/t13-/m1/s1. The Morgan fingerprint density at radius 1 is 1.23 bits per heavy atom. The van der Waals surface area contributed by atoms with Crippen molar-refractivity contribution in [3.05, 3.63) is 40.4 Å². The molecule has 0 aliphatic rings. The minimum atomic E-state index is -0.135. The highest BCUT2D eigenvalue weighted by Gasteiger charge is 2.16. The Kier molecular flexibility index (Phi) is 6.07. The van der Waals surface area contributed by atoms with Crippen molar-refractivity contribution < 1.29 is 4.79 Å². The van der Waals surface area contributed by atoms with Crippen molar-refractivity contribution in [1.82, 2.24) is 10.2 Å². The summed E-state index contributed by atoms with van der Waals surface area (Å²) in [5, 5.41) is 12.8. The largest absolute Gasteiger partial charge is 0.296 e. The molecule has 2 aromatic rings. The monoisotopic (exact) mass is 317 g/mol. The molecule has 1 amide bonds. The number of unbranched alkanes of at least 4 members (excludes halogenated alkanes) is 1. The van der Waals surface area contributed by atoms with Gasteiger partial charge >= 0.3 is 0 Å². The molecule has 2 rings (SSSR count). The number of aryl methyl sites for hydroxylation is 1. The van der Waals surface area contributed by atoms with E-state index in [2.05, 4.69) is 29.4 Å². The van der Waals surface area contributed by atoms with E-state index in [9.17, 15) is 4.79 Å². The van der Waals surface area contributed by atoms with Gasteiger partial charge in [-0.05, 0) is 31.9 Å². The summed E-state index contributed by atoms with van der Waals surface area (Å²) in [6.45, 7) is 6.37. The normalized spacial score (nSPS) is 12.1. The fourth-order valence-corrected chi connectivity index (χ4v) is 3.23. The van der Waals surface area contributed by atoms with Gasteiger partial charge in [0, 0.05) is 11.5 Å². The minimum absolute atomic E-state index is 0.135. The lowest BCUT2D eigenvalue weighted by molar-refractivity contribution is 0.102. The van der Waals surface area contributed by atoms with Crippen molar-refractivity contribution in [1.29, 1.82) is 0 Å². The molecule has 0 radical (unpaired) electrons. The van der Waals surface area contributed by atoms with Crippen LogP contribution in [0.25, 0.3) is 0 Å². The smallest absolute Gasteiger partial charge is 0.257 e. The van der Waals surface area contributed by atoms with Crippen LogP contribution in [-0.2, 0) is 0 Å². The Morgan fingerprint density at radius 3 is 2.59 bits per heavy atom. The van der Waals surface area contributed by atoms with Crippen LogP contribution in [0.4, 0.5) is 5.13 Å². The van der Waals surface area contributed by atoms with Gasteiger partial charge in [0.15, 0.2) is 0 Å². The first kappa shape index (κ1) is 16.6. The molecule has 0 spiro atoms. The summed E-state index contributed by atoms with van der Waals surface area (Å²) in [5.41, 5.74) is 1.77. The van der Waals surface area contributed by atoms with E-state index in [-0.39, 0.29) is 5.91 Å². The number of hydrogen-bond donors (Lipinski definition) is 1. The molecular formula is C17H23N3OS. The number of rotatable bonds is 7. The Hall–Kier alpha value is -1.75. The lowest BCUT2D eigenvalue weighted by atomic mass is 10.0. The summed E-state index contributed by atoms with van der Waals surface area (Å²) >= 11 is 1.49. The Bertz CT molecular complexity index is 607. The number of nitrogens with one attached hydrogen (secondary N) is 1. The van der Waals surface area contributed by atoms with Gasteiger partial charge in [-0.3, -0.25) is 10.1 Å². The summed E-state index contributed by atoms with van der Waals surface area (Å²) in [6, 6.07) is 7.50. The van der Waals surface area contributed by atoms with Crippen LogP contribution < -0.4 is 5.32 Å². The molecule has 1 heterocycles. The molecule has 0 saturated heterocycles. The SMILES string of the molecule is CCCC[C@@H](CC)c1nnc(NC(=O)c2ccc(C)cc2)s1. The highest BCUT2D eigenvalue weighted by molar-refractivity contribution is 7.15. The molecule has 5 heteroatoms. The maximum Gasteiger partial charge on any atom is 0.257 e. The van der Waals surface area contributed by atoms with Gasteiger partial charge in [-0.2, -0.15) is 0 Å². The van der Waals surface area contributed by atoms with E-state index in [4.69, 9.17) is 0 Å². The Balaban J connectivity index is 2.01. The maximum absolute atomic E-state index is 12.2. The zero-order chi connectivity index (χ0) is 15.9. The molecule has 0 fully saturated rings. The number of amides is 1. The van der Waals surface area contributed by atoms with E-state index >= 15 is 0 Å². The van der Waals surface area contributed by atoms with E-state index in [0.29, 0.717) is 16.6 Å². The van der Waals surface area contributed by atoms with E-state index in [0.717, 1.165) is 23.4 Å². The third kappa shape index (κ3) is 4.37. The minimum Gasteiger partial charge on any atom is -0.296 e. The van der Waals surface area contributed by atoms with Gasteiger partial charge in [0.2, 0.25) is 5.13 Å². The van der Waals surface area contributed by atoms with Gasteiger partial charge in [-0.15, -0.1) is 10.2 Å². The van der Waals surface area contributed by atoms with Gasteiger partial charge in [-0.1, -0.05) is 55.7 Å². The summed E-state index contributed by atoms with van der Waals surface area (Å²) < 4.78 is 0. The first-order chi connectivity index (χ1) is 10.6. The van der Waals surface area contributed by atoms with E-state index in [1.807, 2.05) is 31.2 Å². The summed E-state index contributed by atoms with van der Waals surface area (Å²) in [4.78, 5) is 12.2. The fraction of sp³-hybridized carbons (Fsp3) is 0.471. The van der Waals surface area contributed by atoms with Crippen molar-refractivity contribution in [3.63, 3.8) is 0 Å². The van der Waals surface area contributed by atoms with Crippen LogP contribution in [0.3, 0.4) is 0 Å². The summed E-state index contributed by atoms with van der Waals surface area (Å²) in [5.74, 6) is 0.312.